The lowest BCUT2D eigenvalue weighted by Gasteiger charge is -2.33. The number of hydrogen-bond acceptors (Lipinski definition) is 4. The third-order valence-corrected chi connectivity index (χ3v) is 4.62. The Morgan fingerprint density at radius 1 is 1.58 bits per heavy atom. The molecule has 1 aromatic rings. The highest BCUT2D eigenvalue weighted by Gasteiger charge is 2.30. The minimum absolute atomic E-state index is 0.0176. The molecule has 7 heteroatoms. The molecular formula is C12H14Cl2N2O2S. The van der Waals surface area contributed by atoms with Gasteiger partial charge in [0, 0.05) is 13.1 Å². The zero-order valence-corrected chi connectivity index (χ0v) is 12.7. The molecule has 1 saturated heterocycles. The molecule has 19 heavy (non-hydrogen) atoms. The molecule has 0 aromatic carbocycles. The maximum absolute atomic E-state index is 12.2. The van der Waals surface area contributed by atoms with Crippen molar-refractivity contribution in [1.29, 1.82) is 0 Å². The van der Waals surface area contributed by atoms with Crippen LogP contribution in [0.5, 0.6) is 0 Å². The molecule has 0 spiro atoms. The third kappa shape index (κ3) is 3.28. The number of rotatable bonds is 4. The van der Waals surface area contributed by atoms with Gasteiger partial charge in [0.1, 0.15) is 4.34 Å². The maximum Gasteiger partial charge on any atom is 0.237 e. The van der Waals surface area contributed by atoms with Gasteiger partial charge < -0.3 is 5.32 Å². The van der Waals surface area contributed by atoms with E-state index >= 15 is 0 Å². The van der Waals surface area contributed by atoms with Gasteiger partial charge in [-0.1, -0.05) is 30.1 Å². The first-order chi connectivity index (χ1) is 9.02. The number of amides is 1. The summed E-state index contributed by atoms with van der Waals surface area (Å²) in [5.74, 6) is -0.114. The Morgan fingerprint density at radius 3 is 2.89 bits per heavy atom. The van der Waals surface area contributed by atoms with E-state index in [0.717, 1.165) is 0 Å². The number of Topliss-reactive ketones (excluding diaryl/α,β-unsaturated/α-hetero) is 1. The number of halogens is 2. The van der Waals surface area contributed by atoms with Crippen LogP contribution in [-0.2, 0) is 4.79 Å². The summed E-state index contributed by atoms with van der Waals surface area (Å²) in [4.78, 5) is 25.8. The summed E-state index contributed by atoms with van der Waals surface area (Å²) in [5.41, 5.74) is 0.442. The second kappa shape index (κ2) is 6.22. The number of thiophene rings is 1. The first kappa shape index (κ1) is 14.8. The van der Waals surface area contributed by atoms with Gasteiger partial charge in [-0.25, -0.2) is 0 Å². The second-order valence-electron chi connectivity index (χ2n) is 4.35. The number of hydrogen-bond donors (Lipinski definition) is 1. The van der Waals surface area contributed by atoms with Crippen LogP contribution in [0.3, 0.4) is 0 Å². The van der Waals surface area contributed by atoms with E-state index in [0.29, 0.717) is 33.7 Å². The standard InChI is InChI=1S/C12H14Cl2N2O2S/c1-2-8-12(18)15-3-4-16(8)6-9(17)7-5-10(13)19-11(7)14/h5,8H,2-4,6H2,1H3,(H,15,18). The number of piperazine rings is 1. The van der Waals surface area contributed by atoms with Crippen LogP contribution in [0.1, 0.15) is 23.7 Å². The van der Waals surface area contributed by atoms with E-state index in [1.165, 1.54) is 11.3 Å². The van der Waals surface area contributed by atoms with Crippen molar-refractivity contribution < 1.29 is 9.59 Å². The first-order valence-corrected chi connectivity index (χ1v) is 7.60. The number of nitrogens with zero attached hydrogens (tertiary/aromatic N) is 1. The van der Waals surface area contributed by atoms with Crippen molar-refractivity contribution in [2.75, 3.05) is 19.6 Å². The van der Waals surface area contributed by atoms with Gasteiger partial charge >= 0.3 is 0 Å². The van der Waals surface area contributed by atoms with Crippen LogP contribution in [0.2, 0.25) is 8.67 Å². The van der Waals surface area contributed by atoms with Gasteiger partial charge in [-0.3, -0.25) is 14.5 Å². The van der Waals surface area contributed by atoms with Crippen molar-refractivity contribution in [2.24, 2.45) is 0 Å². The highest BCUT2D eigenvalue weighted by atomic mass is 35.5. The van der Waals surface area contributed by atoms with E-state index in [4.69, 9.17) is 23.2 Å². The van der Waals surface area contributed by atoms with Crippen molar-refractivity contribution in [2.45, 2.75) is 19.4 Å². The number of ketones is 1. The van der Waals surface area contributed by atoms with Gasteiger partial charge in [-0.2, -0.15) is 0 Å². The molecular weight excluding hydrogens is 307 g/mol. The molecule has 0 aliphatic carbocycles. The summed E-state index contributed by atoms with van der Waals surface area (Å²) in [5, 5.41) is 2.80. The van der Waals surface area contributed by atoms with E-state index in [9.17, 15) is 9.59 Å². The normalized spacial score (nSPS) is 20.4. The molecule has 4 nitrogen and oxygen atoms in total. The van der Waals surface area contributed by atoms with Crippen LogP contribution in [0.15, 0.2) is 6.07 Å². The lowest BCUT2D eigenvalue weighted by molar-refractivity contribution is -0.128. The van der Waals surface area contributed by atoms with Gasteiger partial charge in [0.15, 0.2) is 5.78 Å². The molecule has 1 atom stereocenters. The molecule has 0 saturated carbocycles. The molecule has 2 heterocycles. The summed E-state index contributed by atoms with van der Waals surface area (Å²) in [6.07, 6.45) is 0.678. The van der Waals surface area contributed by atoms with Crippen molar-refractivity contribution >= 4 is 46.2 Å². The quantitative estimate of drug-likeness (QED) is 0.867. The van der Waals surface area contributed by atoms with Gasteiger partial charge in [-0.05, 0) is 12.5 Å². The monoisotopic (exact) mass is 320 g/mol. The smallest absolute Gasteiger partial charge is 0.237 e. The second-order valence-corrected chi connectivity index (χ2v) is 6.63. The minimum atomic E-state index is -0.245. The number of nitrogens with one attached hydrogen (secondary N) is 1. The van der Waals surface area contributed by atoms with Crippen molar-refractivity contribution in [3.05, 3.63) is 20.3 Å². The van der Waals surface area contributed by atoms with Crippen LogP contribution in [-0.4, -0.2) is 42.3 Å². The number of carbonyl (C=O) groups excluding carboxylic acids is 2. The van der Waals surface area contributed by atoms with E-state index in [2.05, 4.69) is 5.32 Å². The Morgan fingerprint density at radius 2 is 2.32 bits per heavy atom. The topological polar surface area (TPSA) is 49.4 Å². The highest BCUT2D eigenvalue weighted by molar-refractivity contribution is 7.20. The fourth-order valence-electron chi connectivity index (χ4n) is 2.20. The Hall–Kier alpha value is -0.620. The van der Waals surface area contributed by atoms with E-state index in [-0.39, 0.29) is 24.3 Å². The first-order valence-electron chi connectivity index (χ1n) is 6.02. The molecule has 104 valence electrons. The molecule has 1 unspecified atom stereocenters. The third-order valence-electron chi connectivity index (χ3n) is 3.13. The fourth-order valence-corrected chi connectivity index (χ4v) is 3.69. The minimum Gasteiger partial charge on any atom is -0.353 e. The van der Waals surface area contributed by atoms with Crippen LogP contribution in [0, 0.1) is 0 Å². The molecule has 1 aromatic heterocycles. The van der Waals surface area contributed by atoms with Crippen LogP contribution in [0.25, 0.3) is 0 Å². The Bertz CT molecular complexity index is 504. The van der Waals surface area contributed by atoms with Crippen molar-refractivity contribution in [1.82, 2.24) is 10.2 Å². The van der Waals surface area contributed by atoms with Crippen LogP contribution >= 0.6 is 34.5 Å². The molecule has 0 radical (unpaired) electrons. The average Bonchev–Trinajstić information content (AvgIpc) is 2.69. The Labute approximate surface area is 125 Å². The van der Waals surface area contributed by atoms with Gasteiger partial charge in [0.05, 0.1) is 22.5 Å². The van der Waals surface area contributed by atoms with Crippen molar-refractivity contribution in [3.8, 4) is 0 Å². The fraction of sp³-hybridized carbons (Fsp3) is 0.500. The molecule has 1 N–H and O–H groups in total. The molecule has 2 rings (SSSR count). The van der Waals surface area contributed by atoms with Gasteiger partial charge in [-0.15, -0.1) is 11.3 Å². The summed E-state index contributed by atoms with van der Waals surface area (Å²) in [6, 6.07) is 1.34. The largest absolute Gasteiger partial charge is 0.353 e. The van der Waals surface area contributed by atoms with E-state index in [1.54, 1.807) is 6.07 Å². The zero-order valence-electron chi connectivity index (χ0n) is 10.4. The SMILES string of the molecule is CCC1C(=O)NCCN1CC(=O)c1cc(Cl)sc1Cl. The zero-order chi connectivity index (χ0) is 14.0. The molecule has 0 bridgehead atoms. The van der Waals surface area contributed by atoms with E-state index in [1.807, 2.05) is 11.8 Å². The summed E-state index contributed by atoms with van der Waals surface area (Å²) in [7, 11) is 0. The molecule has 1 amide bonds. The molecule has 1 aliphatic rings. The Balaban J connectivity index is 2.09. The molecule has 1 fully saturated rings. The maximum atomic E-state index is 12.2. The predicted molar refractivity (Wildman–Crippen MR) is 77.3 cm³/mol. The number of carbonyl (C=O) groups is 2. The summed E-state index contributed by atoms with van der Waals surface area (Å²) in [6.45, 7) is 3.37. The highest BCUT2D eigenvalue weighted by Crippen LogP contribution is 2.31. The van der Waals surface area contributed by atoms with Crippen LogP contribution < -0.4 is 5.32 Å². The van der Waals surface area contributed by atoms with E-state index < -0.39 is 0 Å². The van der Waals surface area contributed by atoms with Gasteiger partial charge in [0.2, 0.25) is 5.91 Å². The Kier molecular flexibility index (Phi) is 4.84. The lowest BCUT2D eigenvalue weighted by Crippen LogP contribution is -2.56. The predicted octanol–water partition coefficient (Wildman–Crippen LogP) is 2.45. The lowest BCUT2D eigenvalue weighted by atomic mass is 10.1. The van der Waals surface area contributed by atoms with Crippen LogP contribution in [0.4, 0.5) is 0 Å². The summed E-state index contributed by atoms with van der Waals surface area (Å²) < 4.78 is 0.904. The summed E-state index contributed by atoms with van der Waals surface area (Å²) >= 11 is 13.0. The average molecular weight is 321 g/mol. The van der Waals surface area contributed by atoms with Gasteiger partial charge in [0.25, 0.3) is 0 Å². The molecule has 1 aliphatic heterocycles. The van der Waals surface area contributed by atoms with Crippen molar-refractivity contribution in [3.63, 3.8) is 0 Å².